The highest BCUT2D eigenvalue weighted by Crippen LogP contribution is 2.29. The first-order valence-electron chi connectivity index (χ1n) is 11.9. The first-order chi connectivity index (χ1) is 16.1. The maximum Gasteiger partial charge on any atom is 0.272 e. The average Bonchev–Trinajstić information content (AvgIpc) is 3.58. The fourth-order valence-electron chi connectivity index (χ4n) is 5.05. The summed E-state index contributed by atoms with van der Waals surface area (Å²) < 4.78 is 1.93. The van der Waals surface area contributed by atoms with Crippen molar-refractivity contribution in [1.82, 2.24) is 20.0 Å². The van der Waals surface area contributed by atoms with E-state index in [-0.39, 0.29) is 11.8 Å². The SMILES string of the molecule is Cc1ccccc1-n1nc(C(=O)NC(Cc2ccccc2)C(=O)N2CCCC2)c2c1CCC2. The molecule has 1 atom stereocenters. The van der Waals surface area contributed by atoms with Crippen LogP contribution in [0.3, 0.4) is 0 Å². The Bertz CT molecular complexity index is 1160. The Morgan fingerprint density at radius 3 is 2.45 bits per heavy atom. The number of aromatic nitrogens is 2. The lowest BCUT2D eigenvalue weighted by Gasteiger charge is -2.24. The molecule has 2 aliphatic rings. The van der Waals surface area contributed by atoms with E-state index in [0.29, 0.717) is 12.1 Å². The van der Waals surface area contributed by atoms with E-state index in [1.165, 1.54) is 0 Å². The van der Waals surface area contributed by atoms with E-state index in [4.69, 9.17) is 5.10 Å². The number of carbonyl (C=O) groups excluding carboxylic acids is 2. The second-order valence-electron chi connectivity index (χ2n) is 9.07. The number of rotatable bonds is 6. The number of fused-ring (bicyclic) bond motifs is 1. The van der Waals surface area contributed by atoms with Crippen LogP contribution >= 0.6 is 0 Å². The van der Waals surface area contributed by atoms with Crippen molar-refractivity contribution in [2.45, 2.75) is 51.5 Å². The van der Waals surface area contributed by atoms with E-state index in [2.05, 4.69) is 18.3 Å². The van der Waals surface area contributed by atoms with E-state index in [0.717, 1.165) is 73.3 Å². The van der Waals surface area contributed by atoms with Crippen LogP contribution in [-0.4, -0.2) is 45.6 Å². The van der Waals surface area contributed by atoms with Crippen LogP contribution in [0.15, 0.2) is 54.6 Å². The minimum absolute atomic E-state index is 0.000292. The first kappa shape index (κ1) is 21.4. The fourth-order valence-corrected chi connectivity index (χ4v) is 5.05. The van der Waals surface area contributed by atoms with Gasteiger partial charge >= 0.3 is 0 Å². The standard InChI is InChI=1S/C27H30N4O2/c1-19-10-5-6-14-23(19)31-24-15-9-13-21(24)25(29-31)26(32)28-22(18-20-11-3-2-4-12-20)27(33)30-16-7-8-17-30/h2-6,10-12,14,22H,7-9,13,15-18H2,1H3,(H,28,32). The molecule has 1 aliphatic carbocycles. The van der Waals surface area contributed by atoms with Crippen LogP contribution in [-0.2, 0) is 24.1 Å². The third kappa shape index (κ3) is 4.30. The van der Waals surface area contributed by atoms with Crippen molar-refractivity contribution in [2.75, 3.05) is 13.1 Å². The molecule has 170 valence electrons. The highest BCUT2D eigenvalue weighted by molar-refractivity contribution is 5.97. The van der Waals surface area contributed by atoms with Crippen molar-refractivity contribution in [3.8, 4) is 5.69 Å². The van der Waals surface area contributed by atoms with Gasteiger partial charge in [-0.15, -0.1) is 0 Å². The molecule has 1 unspecified atom stereocenters. The number of hydrogen-bond acceptors (Lipinski definition) is 3. The smallest absolute Gasteiger partial charge is 0.272 e. The van der Waals surface area contributed by atoms with Crippen molar-refractivity contribution in [2.24, 2.45) is 0 Å². The number of benzene rings is 2. The Balaban J connectivity index is 1.44. The fraction of sp³-hybridized carbons (Fsp3) is 0.370. The molecular weight excluding hydrogens is 412 g/mol. The quantitative estimate of drug-likeness (QED) is 0.634. The van der Waals surface area contributed by atoms with Gasteiger partial charge in [0, 0.05) is 30.8 Å². The third-order valence-corrected chi connectivity index (χ3v) is 6.79. The number of likely N-dealkylation sites (tertiary alicyclic amines) is 1. The maximum absolute atomic E-state index is 13.5. The second-order valence-corrected chi connectivity index (χ2v) is 9.07. The Morgan fingerprint density at radius 1 is 0.970 bits per heavy atom. The summed E-state index contributed by atoms with van der Waals surface area (Å²) in [5, 5.41) is 7.82. The van der Waals surface area contributed by atoms with Crippen molar-refractivity contribution in [3.63, 3.8) is 0 Å². The van der Waals surface area contributed by atoms with Gasteiger partial charge in [-0.05, 0) is 56.2 Å². The summed E-state index contributed by atoms with van der Waals surface area (Å²) in [6.45, 7) is 3.58. The van der Waals surface area contributed by atoms with Crippen LogP contribution in [0.1, 0.15) is 52.1 Å². The number of hydrogen-bond donors (Lipinski definition) is 1. The summed E-state index contributed by atoms with van der Waals surface area (Å²) in [4.78, 5) is 28.7. The molecule has 3 aromatic rings. The van der Waals surface area contributed by atoms with Gasteiger partial charge in [-0.2, -0.15) is 5.10 Å². The Hall–Kier alpha value is -3.41. The summed E-state index contributed by atoms with van der Waals surface area (Å²) >= 11 is 0. The van der Waals surface area contributed by atoms with E-state index in [1.54, 1.807) is 0 Å². The molecule has 1 N–H and O–H groups in total. The van der Waals surface area contributed by atoms with E-state index in [9.17, 15) is 9.59 Å². The molecule has 1 saturated heterocycles. The molecule has 1 aromatic heterocycles. The van der Waals surface area contributed by atoms with Crippen LogP contribution in [0.25, 0.3) is 5.69 Å². The summed E-state index contributed by atoms with van der Waals surface area (Å²) in [5.41, 5.74) is 5.74. The van der Waals surface area contributed by atoms with Crippen LogP contribution in [0.2, 0.25) is 0 Å². The molecule has 0 radical (unpaired) electrons. The molecule has 33 heavy (non-hydrogen) atoms. The monoisotopic (exact) mass is 442 g/mol. The predicted molar refractivity (Wildman–Crippen MR) is 128 cm³/mol. The van der Waals surface area contributed by atoms with Crippen LogP contribution in [0.5, 0.6) is 0 Å². The molecule has 0 spiro atoms. The molecule has 2 heterocycles. The van der Waals surface area contributed by atoms with Crippen molar-refractivity contribution in [3.05, 3.63) is 82.7 Å². The van der Waals surface area contributed by atoms with Gasteiger partial charge in [0.15, 0.2) is 5.69 Å². The van der Waals surface area contributed by atoms with E-state index >= 15 is 0 Å². The number of aryl methyl sites for hydroxylation is 1. The molecule has 2 amide bonds. The topological polar surface area (TPSA) is 67.2 Å². The van der Waals surface area contributed by atoms with Gasteiger partial charge in [0.1, 0.15) is 6.04 Å². The summed E-state index contributed by atoms with van der Waals surface area (Å²) in [6.07, 6.45) is 5.28. The van der Waals surface area contributed by atoms with Crippen LogP contribution in [0, 0.1) is 6.92 Å². The predicted octanol–water partition coefficient (Wildman–Crippen LogP) is 3.63. The van der Waals surface area contributed by atoms with Crippen molar-refractivity contribution in [1.29, 1.82) is 0 Å². The average molecular weight is 443 g/mol. The summed E-state index contributed by atoms with van der Waals surface area (Å²) in [6, 6.07) is 17.4. The molecule has 2 aromatic carbocycles. The molecule has 1 fully saturated rings. The first-order valence-corrected chi connectivity index (χ1v) is 11.9. The van der Waals surface area contributed by atoms with Crippen molar-refractivity contribution >= 4 is 11.8 Å². The summed E-state index contributed by atoms with van der Waals surface area (Å²) in [7, 11) is 0. The molecule has 5 rings (SSSR count). The number of nitrogens with zero attached hydrogens (tertiary/aromatic N) is 3. The molecule has 6 nitrogen and oxygen atoms in total. The highest BCUT2D eigenvalue weighted by Gasteiger charge is 2.32. The molecule has 1 aliphatic heterocycles. The van der Waals surface area contributed by atoms with Crippen LogP contribution in [0.4, 0.5) is 0 Å². The molecular formula is C27H30N4O2. The zero-order valence-electron chi connectivity index (χ0n) is 19.1. The number of carbonyl (C=O) groups is 2. The van der Waals surface area contributed by atoms with E-state index in [1.807, 2.05) is 58.1 Å². The zero-order valence-corrected chi connectivity index (χ0v) is 19.1. The molecule has 0 saturated carbocycles. The normalized spacial score (nSPS) is 16.0. The van der Waals surface area contributed by atoms with Crippen molar-refractivity contribution < 1.29 is 9.59 Å². The minimum Gasteiger partial charge on any atom is -0.341 e. The maximum atomic E-state index is 13.5. The van der Waals surface area contributed by atoms with Gasteiger partial charge in [-0.3, -0.25) is 9.59 Å². The number of nitrogens with one attached hydrogen (secondary N) is 1. The Morgan fingerprint density at radius 2 is 1.70 bits per heavy atom. The Kier molecular flexibility index (Phi) is 5.99. The van der Waals surface area contributed by atoms with Gasteiger partial charge < -0.3 is 10.2 Å². The molecule has 0 bridgehead atoms. The van der Waals surface area contributed by atoms with Gasteiger partial charge in [-0.1, -0.05) is 48.5 Å². The van der Waals surface area contributed by atoms with Gasteiger partial charge in [0.2, 0.25) is 5.91 Å². The lowest BCUT2D eigenvalue weighted by Crippen LogP contribution is -2.49. The third-order valence-electron chi connectivity index (χ3n) is 6.79. The largest absolute Gasteiger partial charge is 0.341 e. The van der Waals surface area contributed by atoms with Gasteiger partial charge in [-0.25, -0.2) is 4.68 Å². The Labute approximate surface area is 194 Å². The lowest BCUT2D eigenvalue weighted by atomic mass is 10.0. The van der Waals surface area contributed by atoms with Gasteiger partial charge in [0.25, 0.3) is 5.91 Å². The minimum atomic E-state index is -0.598. The van der Waals surface area contributed by atoms with Gasteiger partial charge in [0.05, 0.1) is 5.69 Å². The van der Waals surface area contributed by atoms with Crippen LogP contribution < -0.4 is 5.32 Å². The lowest BCUT2D eigenvalue weighted by molar-refractivity contribution is -0.132. The van der Waals surface area contributed by atoms with E-state index < -0.39 is 6.04 Å². The zero-order chi connectivity index (χ0) is 22.8. The summed E-state index contributed by atoms with van der Waals surface area (Å²) in [5.74, 6) is -0.256. The second kappa shape index (κ2) is 9.22. The molecule has 6 heteroatoms. The number of amides is 2. The number of para-hydroxylation sites is 1. The highest BCUT2D eigenvalue weighted by atomic mass is 16.2.